The van der Waals surface area contributed by atoms with Crippen LogP contribution < -0.4 is 10.2 Å². The number of carbonyl (C=O) groups is 4. The number of thiazole rings is 1. The van der Waals surface area contributed by atoms with Gasteiger partial charge >= 0.3 is 5.97 Å². The fraction of sp³-hybridized carbons (Fsp3) is 0.0800. The van der Waals surface area contributed by atoms with Crippen LogP contribution >= 0.6 is 23.1 Å². The summed E-state index contributed by atoms with van der Waals surface area (Å²) in [6.45, 7) is 0. The van der Waals surface area contributed by atoms with E-state index in [2.05, 4.69) is 15.0 Å². The van der Waals surface area contributed by atoms with Gasteiger partial charge in [0.1, 0.15) is 5.56 Å². The summed E-state index contributed by atoms with van der Waals surface area (Å²) < 4.78 is 5.93. The summed E-state index contributed by atoms with van der Waals surface area (Å²) in [5.74, 6) is -2.06. The number of carbonyl (C=O) groups excluding carboxylic acids is 4. The number of ether oxygens (including phenoxy) is 1. The van der Waals surface area contributed by atoms with Gasteiger partial charge in [0.25, 0.3) is 17.5 Å². The average Bonchev–Trinajstić information content (AvgIpc) is 3.44. The summed E-state index contributed by atoms with van der Waals surface area (Å²) in [6.07, 6.45) is 0. The number of nitro benzene ring substituents is 1. The minimum atomic E-state index is -0.757. The minimum Gasteiger partial charge on any atom is -0.465 e. The van der Waals surface area contributed by atoms with E-state index in [0.29, 0.717) is 25.8 Å². The van der Waals surface area contributed by atoms with Gasteiger partial charge in [0.15, 0.2) is 4.34 Å². The first-order valence-electron chi connectivity index (χ1n) is 10.9. The van der Waals surface area contributed by atoms with Gasteiger partial charge < -0.3 is 10.1 Å². The third-order valence-corrected chi connectivity index (χ3v) is 7.78. The molecule has 0 saturated carbocycles. The quantitative estimate of drug-likeness (QED) is 0.116. The Balaban J connectivity index is 1.28. The maximum atomic E-state index is 13.0. The number of hydrogen-bond donors (Lipinski definition) is 1. The van der Waals surface area contributed by atoms with Crippen molar-refractivity contribution < 1.29 is 28.8 Å². The van der Waals surface area contributed by atoms with E-state index in [0.717, 1.165) is 4.90 Å². The topological polar surface area (TPSA) is 149 Å². The first kappa shape index (κ1) is 25.0. The van der Waals surface area contributed by atoms with Crippen molar-refractivity contribution in [2.24, 2.45) is 0 Å². The Morgan fingerprint density at radius 3 is 2.58 bits per heavy atom. The molecule has 0 aliphatic carbocycles. The van der Waals surface area contributed by atoms with Gasteiger partial charge in [-0.1, -0.05) is 17.8 Å². The molecule has 13 heteroatoms. The number of imide groups is 1. The number of nitrogens with zero attached hydrogens (tertiary/aromatic N) is 3. The summed E-state index contributed by atoms with van der Waals surface area (Å²) in [7, 11) is 1.29. The highest BCUT2D eigenvalue weighted by Gasteiger charge is 2.41. The number of anilines is 2. The van der Waals surface area contributed by atoms with E-state index in [4.69, 9.17) is 0 Å². The Hall–Kier alpha value is -4.62. The molecule has 1 aliphatic rings. The Labute approximate surface area is 222 Å². The van der Waals surface area contributed by atoms with E-state index in [-0.39, 0.29) is 28.5 Å². The number of fused-ring (bicyclic) bond motifs is 2. The zero-order valence-electron chi connectivity index (χ0n) is 19.5. The zero-order chi connectivity index (χ0) is 27.0. The van der Waals surface area contributed by atoms with Crippen molar-refractivity contribution in [1.82, 2.24) is 4.98 Å². The van der Waals surface area contributed by atoms with Gasteiger partial charge in [0, 0.05) is 11.8 Å². The minimum absolute atomic E-state index is 0.0178. The molecular formula is C25H16N4O7S2. The predicted molar refractivity (Wildman–Crippen MR) is 141 cm³/mol. The number of methoxy groups -OCH3 is 1. The molecule has 4 aromatic rings. The van der Waals surface area contributed by atoms with E-state index in [1.54, 1.807) is 42.5 Å². The zero-order valence-corrected chi connectivity index (χ0v) is 21.1. The SMILES string of the molecule is COC(=O)c1ccc(NC(=O)CSc2nc3ccc(N4C(=O)c5cccc([N+](=O)[O-])c5C4=O)cc3s2)cc1. The molecule has 0 radical (unpaired) electrons. The highest BCUT2D eigenvalue weighted by Crippen LogP contribution is 2.37. The molecule has 38 heavy (non-hydrogen) atoms. The van der Waals surface area contributed by atoms with Crippen LogP contribution in [0.3, 0.4) is 0 Å². The lowest BCUT2D eigenvalue weighted by molar-refractivity contribution is -0.385. The van der Waals surface area contributed by atoms with Gasteiger partial charge in [-0.25, -0.2) is 14.7 Å². The predicted octanol–water partition coefficient (Wildman–Crippen LogP) is 4.52. The fourth-order valence-corrected chi connectivity index (χ4v) is 5.78. The van der Waals surface area contributed by atoms with Crippen molar-refractivity contribution in [3.8, 4) is 0 Å². The Morgan fingerprint density at radius 1 is 1.11 bits per heavy atom. The molecule has 3 aromatic carbocycles. The lowest BCUT2D eigenvalue weighted by Gasteiger charge is -2.13. The van der Waals surface area contributed by atoms with E-state index >= 15 is 0 Å². The second kappa shape index (κ2) is 10.0. The Kier molecular flexibility index (Phi) is 6.61. The third-order valence-electron chi connectivity index (χ3n) is 5.62. The smallest absolute Gasteiger partial charge is 0.337 e. The largest absolute Gasteiger partial charge is 0.465 e. The summed E-state index contributed by atoms with van der Waals surface area (Å²) in [5.41, 5.74) is 1.11. The number of aromatic nitrogens is 1. The second-order valence-electron chi connectivity index (χ2n) is 7.94. The molecule has 0 atom stereocenters. The van der Waals surface area contributed by atoms with Crippen LogP contribution in [0.5, 0.6) is 0 Å². The first-order chi connectivity index (χ1) is 18.3. The van der Waals surface area contributed by atoms with Crippen molar-refractivity contribution in [1.29, 1.82) is 0 Å². The van der Waals surface area contributed by atoms with Gasteiger partial charge in [-0.15, -0.1) is 11.3 Å². The van der Waals surface area contributed by atoms with Crippen molar-refractivity contribution >= 4 is 74.1 Å². The van der Waals surface area contributed by atoms with Crippen LogP contribution in [0.15, 0.2) is 65.0 Å². The maximum absolute atomic E-state index is 13.0. The third kappa shape index (κ3) is 4.60. The molecule has 11 nitrogen and oxygen atoms in total. The summed E-state index contributed by atoms with van der Waals surface area (Å²) in [6, 6.07) is 15.1. The van der Waals surface area contributed by atoms with Gasteiger partial charge in [0.2, 0.25) is 5.91 Å². The highest BCUT2D eigenvalue weighted by molar-refractivity contribution is 8.01. The summed E-state index contributed by atoms with van der Waals surface area (Å²) >= 11 is 2.50. The second-order valence-corrected chi connectivity index (χ2v) is 10.2. The molecule has 190 valence electrons. The van der Waals surface area contributed by atoms with E-state index < -0.39 is 28.4 Å². The standard InChI is InChI=1S/C25H16N4O7S2/c1-36-24(33)13-5-7-14(8-6-13)26-20(30)12-37-25-27-17-10-9-15(11-19(17)38-25)28-22(31)16-3-2-4-18(29(34)35)21(16)23(28)32/h2-11H,12H2,1H3,(H,26,30). The van der Waals surface area contributed by atoms with Crippen LogP contribution in [0.1, 0.15) is 31.1 Å². The number of rotatable bonds is 7. The lowest BCUT2D eigenvalue weighted by atomic mass is 10.1. The van der Waals surface area contributed by atoms with Crippen LogP contribution in [-0.2, 0) is 9.53 Å². The lowest BCUT2D eigenvalue weighted by Crippen LogP contribution is -2.29. The summed E-state index contributed by atoms with van der Waals surface area (Å²) in [4.78, 5) is 65.9. The van der Waals surface area contributed by atoms with Crippen LogP contribution in [0, 0.1) is 10.1 Å². The van der Waals surface area contributed by atoms with Gasteiger partial charge in [-0.05, 0) is 48.5 Å². The Bertz CT molecular complexity index is 1650. The number of nitrogens with one attached hydrogen (secondary N) is 1. The molecule has 0 unspecified atom stereocenters. The van der Waals surface area contributed by atoms with Gasteiger partial charge in [-0.2, -0.15) is 0 Å². The molecule has 3 amide bonds. The van der Waals surface area contributed by atoms with Crippen LogP contribution in [0.4, 0.5) is 17.1 Å². The number of thioether (sulfide) groups is 1. The van der Waals surface area contributed by atoms with Crippen molar-refractivity contribution in [2.75, 3.05) is 23.1 Å². The molecule has 0 bridgehead atoms. The molecule has 1 N–H and O–H groups in total. The van der Waals surface area contributed by atoms with E-state index in [1.807, 2.05) is 0 Å². The first-order valence-corrected chi connectivity index (χ1v) is 12.7. The molecule has 0 spiro atoms. The molecule has 1 aromatic heterocycles. The highest BCUT2D eigenvalue weighted by atomic mass is 32.2. The van der Waals surface area contributed by atoms with E-state index in [1.165, 1.54) is 48.4 Å². The molecule has 1 aliphatic heterocycles. The van der Waals surface area contributed by atoms with Crippen LogP contribution in [0.2, 0.25) is 0 Å². The Morgan fingerprint density at radius 2 is 1.87 bits per heavy atom. The van der Waals surface area contributed by atoms with Crippen molar-refractivity contribution in [3.63, 3.8) is 0 Å². The number of esters is 1. The summed E-state index contributed by atoms with van der Waals surface area (Å²) in [5, 5.41) is 14.1. The monoisotopic (exact) mass is 548 g/mol. The fourth-order valence-electron chi connectivity index (χ4n) is 3.88. The molecule has 0 saturated heterocycles. The number of nitro groups is 1. The molecule has 0 fully saturated rings. The number of amides is 3. The number of hydrogen-bond acceptors (Lipinski definition) is 10. The molecule has 5 rings (SSSR count). The van der Waals surface area contributed by atoms with Crippen LogP contribution in [0.25, 0.3) is 10.2 Å². The van der Waals surface area contributed by atoms with Crippen LogP contribution in [-0.4, -0.2) is 46.5 Å². The van der Waals surface area contributed by atoms with E-state index in [9.17, 15) is 29.3 Å². The molecule has 2 heterocycles. The number of benzene rings is 3. The van der Waals surface area contributed by atoms with Crippen molar-refractivity contribution in [3.05, 3.63) is 87.5 Å². The average molecular weight is 549 g/mol. The maximum Gasteiger partial charge on any atom is 0.337 e. The van der Waals surface area contributed by atoms with Gasteiger partial charge in [0.05, 0.1) is 44.8 Å². The van der Waals surface area contributed by atoms with Gasteiger partial charge in [-0.3, -0.25) is 24.5 Å². The van der Waals surface area contributed by atoms with Crippen molar-refractivity contribution in [2.45, 2.75) is 4.34 Å². The molecular weight excluding hydrogens is 532 g/mol. The normalized spacial score (nSPS) is 12.5.